The normalized spacial score (nSPS) is 19.0. The molecule has 0 bridgehead atoms. The van der Waals surface area contributed by atoms with Crippen LogP contribution in [0.5, 0.6) is 0 Å². The van der Waals surface area contributed by atoms with Gasteiger partial charge in [0.25, 0.3) is 0 Å². The molecule has 0 aromatic heterocycles. The number of hydrogen-bond donors (Lipinski definition) is 1. The number of halogens is 2. The molecule has 1 aromatic carbocycles. The number of benzene rings is 1. The van der Waals surface area contributed by atoms with Crippen molar-refractivity contribution in [3.63, 3.8) is 0 Å². The number of nitrogens with two attached hydrogens (primary N) is 1. The molecule has 1 aliphatic rings. The van der Waals surface area contributed by atoms with E-state index in [1.54, 1.807) is 0 Å². The Morgan fingerprint density at radius 3 is 2.30 bits per heavy atom. The summed E-state index contributed by atoms with van der Waals surface area (Å²) in [4.78, 5) is -0.452. The van der Waals surface area contributed by atoms with Gasteiger partial charge in [-0.05, 0) is 25.0 Å². The monoisotopic (exact) mass is 303 g/mol. The van der Waals surface area contributed by atoms with Gasteiger partial charge >= 0.3 is 0 Å². The van der Waals surface area contributed by atoms with Crippen molar-refractivity contribution >= 4 is 9.84 Å². The highest BCUT2D eigenvalue weighted by molar-refractivity contribution is 7.90. The Labute approximate surface area is 118 Å². The minimum Gasteiger partial charge on any atom is -0.330 e. The lowest BCUT2D eigenvalue weighted by Gasteiger charge is -2.37. The zero-order valence-electron chi connectivity index (χ0n) is 11.5. The molecule has 112 valence electrons. The molecule has 1 aliphatic carbocycles. The van der Waals surface area contributed by atoms with E-state index in [0.717, 1.165) is 37.7 Å². The molecule has 0 unspecified atom stereocenters. The molecule has 1 saturated carbocycles. The third-order valence-corrected chi connectivity index (χ3v) is 5.30. The van der Waals surface area contributed by atoms with Crippen LogP contribution in [0.25, 0.3) is 0 Å². The largest absolute Gasteiger partial charge is 0.330 e. The second-order valence-electron chi connectivity index (χ2n) is 5.55. The van der Waals surface area contributed by atoms with Gasteiger partial charge in [0.1, 0.15) is 16.5 Å². The maximum atomic E-state index is 14.6. The van der Waals surface area contributed by atoms with Crippen LogP contribution in [-0.2, 0) is 15.3 Å². The van der Waals surface area contributed by atoms with Gasteiger partial charge in [0.2, 0.25) is 0 Å². The van der Waals surface area contributed by atoms with Crippen molar-refractivity contribution in [3.8, 4) is 0 Å². The molecule has 0 heterocycles. The van der Waals surface area contributed by atoms with Crippen molar-refractivity contribution < 1.29 is 17.2 Å². The summed E-state index contributed by atoms with van der Waals surface area (Å²) in [7, 11) is -3.73. The highest BCUT2D eigenvalue weighted by Crippen LogP contribution is 2.42. The maximum absolute atomic E-state index is 14.6. The van der Waals surface area contributed by atoms with Gasteiger partial charge in [-0.1, -0.05) is 19.3 Å². The van der Waals surface area contributed by atoms with Crippen LogP contribution in [0.3, 0.4) is 0 Å². The quantitative estimate of drug-likeness (QED) is 0.873. The van der Waals surface area contributed by atoms with Gasteiger partial charge in [-0.2, -0.15) is 0 Å². The number of sulfone groups is 1. The summed E-state index contributed by atoms with van der Waals surface area (Å²) in [6.45, 7) is 0.119. The zero-order valence-corrected chi connectivity index (χ0v) is 12.3. The molecule has 0 atom stereocenters. The molecule has 0 spiro atoms. The standard InChI is InChI=1S/C14H19F2NO2S/c1-20(18,19)11-6-5-10(15)12(13(11)16)14(9-17)7-3-2-4-8-14/h5-6H,2-4,7-9,17H2,1H3. The second kappa shape index (κ2) is 5.41. The van der Waals surface area contributed by atoms with Crippen molar-refractivity contribution in [2.45, 2.75) is 42.4 Å². The number of hydrogen-bond acceptors (Lipinski definition) is 3. The highest BCUT2D eigenvalue weighted by atomic mass is 32.2. The van der Waals surface area contributed by atoms with E-state index in [-0.39, 0.29) is 12.1 Å². The Bertz CT molecular complexity index is 608. The first-order valence-corrected chi connectivity index (χ1v) is 8.59. The predicted molar refractivity (Wildman–Crippen MR) is 73.3 cm³/mol. The fourth-order valence-electron chi connectivity index (χ4n) is 3.09. The minimum absolute atomic E-state index is 0.119. The fraction of sp³-hybridized carbons (Fsp3) is 0.571. The fourth-order valence-corrected chi connectivity index (χ4v) is 3.83. The first-order chi connectivity index (χ1) is 9.32. The second-order valence-corrected chi connectivity index (χ2v) is 7.54. The van der Waals surface area contributed by atoms with E-state index < -0.39 is 31.8 Å². The Morgan fingerprint density at radius 1 is 1.20 bits per heavy atom. The minimum atomic E-state index is -3.73. The van der Waals surface area contributed by atoms with Crippen molar-refractivity contribution in [2.75, 3.05) is 12.8 Å². The van der Waals surface area contributed by atoms with Crippen LogP contribution in [0.15, 0.2) is 17.0 Å². The first-order valence-electron chi connectivity index (χ1n) is 6.70. The van der Waals surface area contributed by atoms with Gasteiger partial charge in [-0.15, -0.1) is 0 Å². The molecular weight excluding hydrogens is 284 g/mol. The SMILES string of the molecule is CS(=O)(=O)c1ccc(F)c(C2(CN)CCCCC2)c1F. The van der Waals surface area contributed by atoms with E-state index >= 15 is 0 Å². The molecular formula is C14H19F2NO2S. The molecule has 0 radical (unpaired) electrons. The van der Waals surface area contributed by atoms with Gasteiger partial charge in [0, 0.05) is 23.8 Å². The van der Waals surface area contributed by atoms with Crippen LogP contribution in [0.1, 0.15) is 37.7 Å². The molecule has 1 fully saturated rings. The lowest BCUT2D eigenvalue weighted by atomic mass is 9.69. The van der Waals surface area contributed by atoms with Crippen molar-refractivity contribution in [1.29, 1.82) is 0 Å². The van der Waals surface area contributed by atoms with Crippen LogP contribution < -0.4 is 5.73 Å². The van der Waals surface area contributed by atoms with Gasteiger partial charge in [0.05, 0.1) is 0 Å². The Kier molecular flexibility index (Phi) is 4.16. The van der Waals surface area contributed by atoms with E-state index in [0.29, 0.717) is 12.8 Å². The first kappa shape index (κ1) is 15.4. The summed E-state index contributed by atoms with van der Waals surface area (Å²) in [5, 5.41) is 0. The summed E-state index contributed by atoms with van der Waals surface area (Å²) in [5.41, 5.74) is 4.85. The number of rotatable bonds is 3. The molecule has 2 N–H and O–H groups in total. The topological polar surface area (TPSA) is 60.2 Å². The summed E-state index contributed by atoms with van der Waals surface area (Å²) in [5.74, 6) is -1.68. The van der Waals surface area contributed by atoms with Gasteiger partial charge in [-0.3, -0.25) is 0 Å². The van der Waals surface area contributed by atoms with Gasteiger partial charge < -0.3 is 5.73 Å². The molecule has 2 rings (SSSR count). The molecule has 0 aliphatic heterocycles. The Hall–Kier alpha value is -1.01. The van der Waals surface area contributed by atoms with E-state index in [4.69, 9.17) is 5.73 Å². The molecule has 6 heteroatoms. The van der Waals surface area contributed by atoms with Crippen LogP contribution in [-0.4, -0.2) is 21.2 Å². The van der Waals surface area contributed by atoms with Crippen molar-refractivity contribution in [2.24, 2.45) is 5.73 Å². The lowest BCUT2D eigenvalue weighted by Crippen LogP contribution is -2.39. The maximum Gasteiger partial charge on any atom is 0.178 e. The van der Waals surface area contributed by atoms with Crippen LogP contribution in [0.4, 0.5) is 8.78 Å². The third-order valence-electron chi connectivity index (χ3n) is 4.19. The lowest BCUT2D eigenvalue weighted by molar-refractivity contribution is 0.279. The summed E-state index contributed by atoms with van der Waals surface area (Å²) in [6.07, 6.45) is 4.80. The summed E-state index contributed by atoms with van der Waals surface area (Å²) < 4.78 is 51.9. The van der Waals surface area contributed by atoms with E-state index in [1.807, 2.05) is 0 Å². The van der Waals surface area contributed by atoms with E-state index in [1.165, 1.54) is 0 Å². The van der Waals surface area contributed by atoms with E-state index in [9.17, 15) is 17.2 Å². The molecule has 0 saturated heterocycles. The third kappa shape index (κ3) is 2.59. The van der Waals surface area contributed by atoms with E-state index in [2.05, 4.69) is 0 Å². The average Bonchev–Trinajstić information content (AvgIpc) is 2.38. The molecule has 1 aromatic rings. The van der Waals surface area contributed by atoms with Crippen LogP contribution >= 0.6 is 0 Å². The Morgan fingerprint density at radius 2 is 1.80 bits per heavy atom. The van der Waals surface area contributed by atoms with Crippen LogP contribution in [0.2, 0.25) is 0 Å². The summed E-state index contributed by atoms with van der Waals surface area (Å²) >= 11 is 0. The zero-order chi connectivity index (χ0) is 15.0. The molecule has 3 nitrogen and oxygen atoms in total. The predicted octanol–water partition coefficient (Wildman–Crippen LogP) is 2.53. The molecule has 20 heavy (non-hydrogen) atoms. The summed E-state index contributed by atoms with van der Waals surface area (Å²) in [6, 6.07) is 2.01. The molecule has 0 amide bonds. The van der Waals surface area contributed by atoms with Crippen molar-refractivity contribution in [1.82, 2.24) is 0 Å². The van der Waals surface area contributed by atoms with Gasteiger partial charge in [0.15, 0.2) is 9.84 Å². The van der Waals surface area contributed by atoms with Crippen molar-refractivity contribution in [3.05, 3.63) is 29.3 Å². The van der Waals surface area contributed by atoms with Gasteiger partial charge in [-0.25, -0.2) is 17.2 Å². The highest BCUT2D eigenvalue weighted by Gasteiger charge is 2.38. The average molecular weight is 303 g/mol. The van der Waals surface area contributed by atoms with Crippen LogP contribution in [0, 0.1) is 11.6 Å². The Balaban J connectivity index is 2.66. The smallest absolute Gasteiger partial charge is 0.178 e.